The van der Waals surface area contributed by atoms with E-state index in [1.807, 2.05) is 38.5 Å². The third-order valence-electron chi connectivity index (χ3n) is 3.50. The summed E-state index contributed by atoms with van der Waals surface area (Å²) < 4.78 is 7.37. The molecular weight excluding hydrogens is 405 g/mol. The molecule has 2 aromatic heterocycles. The highest BCUT2D eigenvalue weighted by Crippen LogP contribution is 2.13. The van der Waals surface area contributed by atoms with Crippen LogP contribution in [0.3, 0.4) is 0 Å². The van der Waals surface area contributed by atoms with Crippen LogP contribution in [0.4, 0.5) is 0 Å². The summed E-state index contributed by atoms with van der Waals surface area (Å²) >= 11 is 0. The van der Waals surface area contributed by atoms with Crippen molar-refractivity contribution in [3.63, 3.8) is 0 Å². The number of halogens is 1. The smallest absolute Gasteiger partial charge is 0.218 e. The first-order chi connectivity index (χ1) is 10.7. The number of nitrogens with zero attached hydrogens (tertiary/aromatic N) is 4. The highest BCUT2D eigenvalue weighted by atomic mass is 127. The van der Waals surface area contributed by atoms with E-state index in [0.29, 0.717) is 12.4 Å². The van der Waals surface area contributed by atoms with Gasteiger partial charge in [-0.1, -0.05) is 6.07 Å². The van der Waals surface area contributed by atoms with Gasteiger partial charge in [0.1, 0.15) is 0 Å². The van der Waals surface area contributed by atoms with Crippen molar-refractivity contribution < 1.29 is 4.74 Å². The molecule has 0 bridgehead atoms. The van der Waals surface area contributed by atoms with Crippen LogP contribution in [0.5, 0.6) is 5.88 Å². The second-order valence-corrected chi connectivity index (χ2v) is 5.04. The van der Waals surface area contributed by atoms with Crippen LogP contribution in [0.2, 0.25) is 0 Å². The van der Waals surface area contributed by atoms with Crippen molar-refractivity contribution in [3.8, 4) is 5.88 Å². The molecular formula is C16H24IN5O. The summed E-state index contributed by atoms with van der Waals surface area (Å²) in [6.07, 6.45) is 3.76. The van der Waals surface area contributed by atoms with Gasteiger partial charge in [-0.2, -0.15) is 0 Å². The van der Waals surface area contributed by atoms with E-state index in [-0.39, 0.29) is 24.0 Å². The number of hydrogen-bond acceptors (Lipinski definition) is 3. The summed E-state index contributed by atoms with van der Waals surface area (Å²) in [7, 11) is 7.47. The Labute approximate surface area is 154 Å². The average Bonchev–Trinajstić information content (AvgIpc) is 2.93. The second-order valence-electron chi connectivity index (χ2n) is 5.04. The minimum Gasteiger partial charge on any atom is -0.481 e. The van der Waals surface area contributed by atoms with Gasteiger partial charge in [-0.25, -0.2) is 4.98 Å². The Hall–Kier alpha value is -1.77. The molecule has 0 atom stereocenters. The van der Waals surface area contributed by atoms with Crippen LogP contribution in [-0.2, 0) is 20.1 Å². The van der Waals surface area contributed by atoms with Crippen LogP contribution in [0.15, 0.2) is 41.7 Å². The zero-order valence-corrected chi connectivity index (χ0v) is 16.3. The summed E-state index contributed by atoms with van der Waals surface area (Å²) in [5.74, 6) is 1.46. The van der Waals surface area contributed by atoms with Gasteiger partial charge in [0.25, 0.3) is 0 Å². The number of rotatable bonds is 5. The number of aliphatic imine (C=N–C) groups is 1. The fourth-order valence-corrected chi connectivity index (χ4v) is 2.28. The standard InChI is InChI=1S/C16H23N5O.HI/c1-17-16(21(3)12-14-8-6-10-20(14)2)19-11-13-7-5-9-18-15(13)22-4;/h5-10H,11-12H2,1-4H3,(H,17,19);1H. The predicted octanol–water partition coefficient (Wildman–Crippen LogP) is 2.25. The first-order valence-corrected chi connectivity index (χ1v) is 7.15. The number of guanidine groups is 1. The van der Waals surface area contributed by atoms with E-state index in [2.05, 4.69) is 30.8 Å². The molecule has 23 heavy (non-hydrogen) atoms. The highest BCUT2D eigenvalue weighted by molar-refractivity contribution is 14.0. The lowest BCUT2D eigenvalue weighted by Crippen LogP contribution is -2.38. The van der Waals surface area contributed by atoms with Crippen molar-refractivity contribution in [1.29, 1.82) is 0 Å². The van der Waals surface area contributed by atoms with Gasteiger partial charge in [-0.15, -0.1) is 24.0 Å². The zero-order valence-electron chi connectivity index (χ0n) is 14.0. The topological polar surface area (TPSA) is 54.7 Å². The highest BCUT2D eigenvalue weighted by Gasteiger charge is 2.10. The molecule has 0 radical (unpaired) electrons. The van der Waals surface area contributed by atoms with E-state index in [0.717, 1.165) is 18.1 Å². The van der Waals surface area contributed by atoms with Gasteiger partial charge in [0, 0.05) is 51.3 Å². The lowest BCUT2D eigenvalue weighted by molar-refractivity contribution is 0.391. The Bertz CT molecular complexity index is 641. The molecule has 7 heteroatoms. The van der Waals surface area contributed by atoms with Gasteiger partial charge in [0.05, 0.1) is 13.7 Å². The quantitative estimate of drug-likeness (QED) is 0.450. The Balaban J connectivity index is 0.00000264. The molecule has 0 aromatic carbocycles. The van der Waals surface area contributed by atoms with Gasteiger partial charge in [-0.05, 0) is 18.2 Å². The van der Waals surface area contributed by atoms with Crippen LogP contribution in [0.25, 0.3) is 0 Å². The zero-order chi connectivity index (χ0) is 15.9. The van der Waals surface area contributed by atoms with Crippen LogP contribution in [0, 0.1) is 0 Å². The maximum atomic E-state index is 5.26. The van der Waals surface area contributed by atoms with Crippen LogP contribution in [-0.4, -0.2) is 41.6 Å². The van der Waals surface area contributed by atoms with Crippen molar-refractivity contribution in [2.75, 3.05) is 21.2 Å². The lowest BCUT2D eigenvalue weighted by Gasteiger charge is -2.22. The average molecular weight is 429 g/mol. The molecule has 0 saturated heterocycles. The maximum absolute atomic E-state index is 5.26. The summed E-state index contributed by atoms with van der Waals surface area (Å²) in [6.45, 7) is 1.40. The molecule has 2 aromatic rings. The summed E-state index contributed by atoms with van der Waals surface area (Å²) in [6, 6.07) is 8.03. The van der Waals surface area contributed by atoms with Crippen LogP contribution < -0.4 is 10.1 Å². The molecule has 126 valence electrons. The first-order valence-electron chi connectivity index (χ1n) is 7.15. The first kappa shape index (κ1) is 19.3. The third-order valence-corrected chi connectivity index (χ3v) is 3.50. The molecule has 2 heterocycles. The van der Waals surface area contributed by atoms with Crippen molar-refractivity contribution in [1.82, 2.24) is 19.8 Å². The number of methoxy groups -OCH3 is 1. The number of pyridine rings is 1. The SMILES string of the molecule is CN=C(NCc1cccnc1OC)N(C)Cc1cccn1C.I. The number of hydrogen-bond donors (Lipinski definition) is 1. The molecule has 0 aliphatic rings. The van der Waals surface area contributed by atoms with E-state index >= 15 is 0 Å². The largest absolute Gasteiger partial charge is 0.481 e. The summed E-state index contributed by atoms with van der Waals surface area (Å²) in [5.41, 5.74) is 2.22. The molecule has 0 unspecified atom stereocenters. The lowest BCUT2D eigenvalue weighted by atomic mass is 10.2. The minimum atomic E-state index is 0. The molecule has 0 amide bonds. The maximum Gasteiger partial charge on any atom is 0.218 e. The van der Waals surface area contributed by atoms with Crippen LogP contribution >= 0.6 is 24.0 Å². The monoisotopic (exact) mass is 429 g/mol. The minimum absolute atomic E-state index is 0. The fraction of sp³-hybridized carbons (Fsp3) is 0.375. The molecule has 1 N–H and O–H groups in total. The van der Waals surface area contributed by atoms with E-state index in [1.54, 1.807) is 20.4 Å². The molecule has 6 nitrogen and oxygen atoms in total. The normalized spacial score (nSPS) is 10.9. The molecule has 0 aliphatic heterocycles. The molecule has 0 fully saturated rings. The number of aromatic nitrogens is 2. The van der Waals surface area contributed by atoms with Crippen LogP contribution in [0.1, 0.15) is 11.3 Å². The van der Waals surface area contributed by atoms with E-state index < -0.39 is 0 Å². The predicted molar refractivity (Wildman–Crippen MR) is 103 cm³/mol. The third kappa shape index (κ3) is 5.12. The number of nitrogens with one attached hydrogen (secondary N) is 1. The van der Waals surface area contributed by atoms with Gasteiger partial charge >= 0.3 is 0 Å². The Kier molecular flexibility index (Phi) is 7.87. The Morgan fingerprint density at radius 2 is 2.17 bits per heavy atom. The number of aryl methyl sites for hydroxylation is 1. The number of ether oxygens (including phenoxy) is 1. The second kappa shape index (κ2) is 9.39. The molecule has 0 spiro atoms. The summed E-state index contributed by atoms with van der Waals surface area (Å²) in [5, 5.41) is 3.34. The van der Waals surface area contributed by atoms with Gasteiger partial charge < -0.3 is 19.5 Å². The molecule has 0 aliphatic carbocycles. The molecule has 2 rings (SSSR count). The Morgan fingerprint density at radius 3 is 2.78 bits per heavy atom. The molecule has 0 saturated carbocycles. The Morgan fingerprint density at radius 1 is 1.39 bits per heavy atom. The van der Waals surface area contributed by atoms with Crippen molar-refractivity contribution >= 4 is 29.9 Å². The fourth-order valence-electron chi connectivity index (χ4n) is 2.28. The van der Waals surface area contributed by atoms with Crippen molar-refractivity contribution in [2.24, 2.45) is 12.0 Å². The van der Waals surface area contributed by atoms with Gasteiger partial charge in [0.15, 0.2) is 5.96 Å². The van der Waals surface area contributed by atoms with E-state index in [1.165, 1.54) is 5.69 Å². The summed E-state index contributed by atoms with van der Waals surface area (Å²) in [4.78, 5) is 10.6. The van der Waals surface area contributed by atoms with Crippen molar-refractivity contribution in [3.05, 3.63) is 47.9 Å². The van der Waals surface area contributed by atoms with Gasteiger partial charge in [-0.3, -0.25) is 4.99 Å². The van der Waals surface area contributed by atoms with E-state index in [9.17, 15) is 0 Å². The van der Waals surface area contributed by atoms with Gasteiger partial charge in [0.2, 0.25) is 5.88 Å². The van der Waals surface area contributed by atoms with E-state index in [4.69, 9.17) is 4.74 Å². The van der Waals surface area contributed by atoms with Crippen molar-refractivity contribution in [2.45, 2.75) is 13.1 Å².